The first-order valence-corrected chi connectivity index (χ1v) is 14.4. The van der Waals surface area contributed by atoms with Gasteiger partial charge < -0.3 is 9.79 Å². The first-order chi connectivity index (χ1) is 13.1. The molecule has 0 saturated heterocycles. The maximum Gasteiger partial charge on any atom is 1.00 e. The van der Waals surface area contributed by atoms with Gasteiger partial charge in [0.15, 0.2) is 0 Å². The first-order valence-electron chi connectivity index (χ1n) is 5.40. The molecular formula is C3H15F5LiO18P5S. The predicted octanol–water partition coefficient (Wildman–Crippen LogP) is -2.98. The fraction of sp³-hybridized carbons (Fsp3) is 0.333. The molecule has 30 heteroatoms. The zero-order valence-electron chi connectivity index (χ0n) is 15.4. The quantitative estimate of drug-likeness (QED) is 0.0599. The Morgan fingerprint density at radius 1 is 0.636 bits per heavy atom. The van der Waals surface area contributed by atoms with Crippen LogP contribution in [0.2, 0.25) is 0 Å². The number of hydrogen-bond acceptors (Lipinski definition) is 8. The normalized spacial score (nSPS) is 13.1. The van der Waals surface area contributed by atoms with E-state index in [9.17, 15) is 29.4 Å². The van der Waals surface area contributed by atoms with E-state index in [1.54, 1.807) is 0 Å². The summed E-state index contributed by atoms with van der Waals surface area (Å²) in [6.07, 6.45) is 1.25. The molecule has 0 heterocycles. The molecule has 0 bridgehead atoms. The fourth-order valence-electron chi connectivity index (χ4n) is 0.172. The molecule has 0 amide bonds. The Morgan fingerprint density at radius 2 is 0.727 bits per heavy atom. The molecule has 0 aliphatic carbocycles. The van der Waals surface area contributed by atoms with Crippen LogP contribution in [0.4, 0.5) is 21.0 Å². The molecule has 1 unspecified atom stereocenters. The van der Waals surface area contributed by atoms with Crippen LogP contribution in [0, 0.1) is 0 Å². The van der Waals surface area contributed by atoms with E-state index in [-0.39, 0.29) is 18.9 Å². The van der Waals surface area contributed by atoms with Crippen LogP contribution < -0.4 is 23.8 Å². The molecule has 0 saturated carbocycles. The monoisotopic (exact) mass is 628 g/mol. The van der Waals surface area contributed by atoms with Gasteiger partial charge in [-0.3, -0.25) is 48.3 Å². The van der Waals surface area contributed by atoms with Crippen LogP contribution >= 0.6 is 39.5 Å². The molecule has 0 spiro atoms. The molecular weight excluding hydrogens is 613 g/mol. The SMILES string of the molecule is CC=CS(=O)(=O)O.O=P(O)(O)F.O=P(O)(O)F.O=P(O)(O)F.O=P(O)(O)F.O=P([O-])(O)F.[Li+]. The van der Waals surface area contributed by atoms with Gasteiger partial charge in [-0.15, -0.1) is 16.8 Å². The maximum atomic E-state index is 10.4. The summed E-state index contributed by atoms with van der Waals surface area (Å²) < 4.78 is 122. The minimum atomic E-state index is -5.39. The van der Waals surface area contributed by atoms with Crippen molar-refractivity contribution in [3.63, 3.8) is 0 Å². The summed E-state index contributed by atoms with van der Waals surface area (Å²) >= 11 is 0. The summed E-state index contributed by atoms with van der Waals surface area (Å²) in [4.78, 5) is 71.1. The molecule has 0 aromatic heterocycles. The minimum Gasteiger partial charge on any atom is -0.753 e. The Bertz CT molecular complexity index is 674. The average Bonchev–Trinajstić information content (AvgIpc) is 2.12. The summed E-state index contributed by atoms with van der Waals surface area (Å²) in [6.45, 7) is 1.51. The van der Waals surface area contributed by atoms with Crippen molar-refractivity contribution in [1.82, 2.24) is 0 Å². The van der Waals surface area contributed by atoms with Crippen LogP contribution in [0.5, 0.6) is 0 Å². The predicted molar refractivity (Wildman–Crippen MR) is 89.9 cm³/mol. The molecule has 0 aliphatic heterocycles. The molecule has 18 nitrogen and oxygen atoms in total. The minimum absolute atomic E-state index is 0. The van der Waals surface area contributed by atoms with E-state index in [2.05, 4.69) is 0 Å². The summed E-state index contributed by atoms with van der Waals surface area (Å²) in [5.41, 5.74) is 0. The molecule has 202 valence electrons. The van der Waals surface area contributed by atoms with Crippen molar-refractivity contribution in [2.75, 3.05) is 0 Å². The Morgan fingerprint density at radius 3 is 0.727 bits per heavy atom. The average molecular weight is 628 g/mol. The summed E-state index contributed by atoms with van der Waals surface area (Å²) in [7, 11) is -29.8. The zero-order chi connectivity index (χ0) is 28.4. The van der Waals surface area contributed by atoms with E-state index in [0.717, 1.165) is 0 Å². The molecule has 0 aromatic carbocycles. The van der Waals surface area contributed by atoms with Gasteiger partial charge in [-0.1, -0.05) is 6.08 Å². The standard InChI is InChI=1S/C3H6O3S.5FH2O3P.Li/c1-2-3-7(4,5)6;5*1-5(2,3)4;/h2-3H,1H3,(H,4,5,6);5*(H2,2,3,4);/q;;;;;;+1/p-1. The third-order valence-electron chi connectivity index (χ3n) is 0.308. The van der Waals surface area contributed by atoms with Gasteiger partial charge in [0.05, 0.1) is 5.41 Å². The van der Waals surface area contributed by atoms with Crippen molar-refractivity contribution in [3.8, 4) is 0 Å². The first kappa shape index (κ1) is 50.5. The van der Waals surface area contributed by atoms with E-state index in [1.807, 2.05) is 0 Å². The van der Waals surface area contributed by atoms with E-state index in [4.69, 9.17) is 76.3 Å². The van der Waals surface area contributed by atoms with Crippen molar-refractivity contribution in [2.45, 2.75) is 6.92 Å². The van der Waals surface area contributed by atoms with Gasteiger partial charge in [-0.05, 0) is 6.92 Å². The smallest absolute Gasteiger partial charge is 0.753 e. The van der Waals surface area contributed by atoms with Crippen molar-refractivity contribution in [2.24, 2.45) is 0 Å². The number of allylic oxidation sites excluding steroid dienone is 1. The Labute approximate surface area is 192 Å². The summed E-state index contributed by atoms with van der Waals surface area (Å²) in [5.74, 6) is 0. The van der Waals surface area contributed by atoms with Gasteiger partial charge in [0, 0.05) is 0 Å². The number of halogens is 5. The fourth-order valence-corrected chi connectivity index (χ4v) is 0.516. The number of hydrogen-bond donors (Lipinski definition) is 10. The molecule has 0 aliphatic rings. The van der Waals surface area contributed by atoms with Crippen LogP contribution in [0.3, 0.4) is 0 Å². The molecule has 0 rings (SSSR count). The largest absolute Gasteiger partial charge is 1.00 e. The van der Waals surface area contributed by atoms with Gasteiger partial charge >= 0.3 is 58.4 Å². The van der Waals surface area contributed by atoms with Gasteiger partial charge in [-0.2, -0.15) is 12.6 Å². The molecule has 0 aromatic rings. The van der Waals surface area contributed by atoms with Crippen LogP contribution in [-0.4, -0.2) is 57.0 Å². The van der Waals surface area contributed by atoms with Crippen molar-refractivity contribution < 1.29 is 125 Å². The van der Waals surface area contributed by atoms with Gasteiger partial charge in [0.25, 0.3) is 10.1 Å². The second-order valence-electron chi connectivity index (χ2n) is 3.33. The second kappa shape index (κ2) is 21.9. The summed E-state index contributed by atoms with van der Waals surface area (Å²) in [5, 5.41) is 0.715. The Kier molecular flexibility index (Phi) is 33.5. The zero-order valence-corrected chi connectivity index (χ0v) is 20.7. The van der Waals surface area contributed by atoms with Crippen LogP contribution in [-0.2, 0) is 32.9 Å². The van der Waals surface area contributed by atoms with E-state index < -0.39 is 49.7 Å². The van der Waals surface area contributed by atoms with Gasteiger partial charge in [0.1, 0.15) is 0 Å². The molecule has 1 atom stereocenters. The van der Waals surface area contributed by atoms with Crippen LogP contribution in [0.15, 0.2) is 11.5 Å². The van der Waals surface area contributed by atoms with Crippen molar-refractivity contribution >= 4 is 49.7 Å². The van der Waals surface area contributed by atoms with E-state index >= 15 is 0 Å². The maximum absolute atomic E-state index is 10.4. The van der Waals surface area contributed by atoms with Gasteiger partial charge in [-0.25, -0.2) is 18.3 Å². The van der Waals surface area contributed by atoms with Crippen LogP contribution in [0.1, 0.15) is 6.92 Å². The Hall–Kier alpha value is 0.647. The summed E-state index contributed by atoms with van der Waals surface area (Å²) in [6, 6.07) is 0. The topological polar surface area (TPSA) is 345 Å². The number of rotatable bonds is 1. The third kappa shape index (κ3) is 1420. The van der Waals surface area contributed by atoms with Crippen LogP contribution in [0.25, 0.3) is 0 Å². The third-order valence-corrected chi connectivity index (χ3v) is 0.924. The van der Waals surface area contributed by atoms with Gasteiger partial charge in [0.2, 0.25) is 0 Å². The van der Waals surface area contributed by atoms with E-state index in [1.165, 1.54) is 13.0 Å². The molecule has 10 N–H and O–H groups in total. The second-order valence-corrected chi connectivity index (χ2v) is 9.32. The molecule has 33 heavy (non-hydrogen) atoms. The molecule has 0 radical (unpaired) electrons. The van der Waals surface area contributed by atoms with Crippen molar-refractivity contribution in [3.05, 3.63) is 11.5 Å². The Balaban J connectivity index is -0.0000000491. The van der Waals surface area contributed by atoms with E-state index in [0.29, 0.717) is 5.41 Å². The molecule has 0 fully saturated rings. The van der Waals surface area contributed by atoms with Crippen molar-refractivity contribution in [1.29, 1.82) is 0 Å².